The summed E-state index contributed by atoms with van der Waals surface area (Å²) < 4.78 is 5.78. The van der Waals surface area contributed by atoms with E-state index in [2.05, 4.69) is 9.88 Å². The SMILES string of the molecule is Cc1cc(C)c(C(=N)N)c(N(C)CC2CCCCO2)n1. The molecule has 3 N–H and O–H groups in total. The fourth-order valence-corrected chi connectivity index (χ4v) is 2.77. The molecule has 0 bridgehead atoms. The van der Waals surface area contributed by atoms with Crippen molar-refractivity contribution in [2.75, 3.05) is 25.1 Å². The molecule has 1 aromatic rings. The van der Waals surface area contributed by atoms with Gasteiger partial charge in [0.05, 0.1) is 11.7 Å². The largest absolute Gasteiger partial charge is 0.384 e. The molecule has 0 spiro atoms. The fourth-order valence-electron chi connectivity index (χ4n) is 2.77. The molecule has 0 aromatic carbocycles. The van der Waals surface area contributed by atoms with Crippen LogP contribution in [0.4, 0.5) is 5.82 Å². The molecule has 5 nitrogen and oxygen atoms in total. The molecule has 0 saturated carbocycles. The van der Waals surface area contributed by atoms with Crippen molar-refractivity contribution in [1.29, 1.82) is 5.41 Å². The van der Waals surface area contributed by atoms with Crippen LogP contribution in [0, 0.1) is 19.3 Å². The van der Waals surface area contributed by atoms with E-state index in [9.17, 15) is 0 Å². The zero-order valence-electron chi connectivity index (χ0n) is 12.6. The Morgan fingerprint density at radius 1 is 1.50 bits per heavy atom. The second kappa shape index (κ2) is 6.22. The van der Waals surface area contributed by atoms with E-state index in [1.165, 1.54) is 6.42 Å². The minimum atomic E-state index is 0.0708. The molecular formula is C15H24N4O. The first-order valence-corrected chi connectivity index (χ1v) is 7.14. The van der Waals surface area contributed by atoms with Gasteiger partial charge in [-0.1, -0.05) is 0 Å². The average molecular weight is 276 g/mol. The smallest absolute Gasteiger partial charge is 0.139 e. The Bertz CT molecular complexity index is 495. The zero-order chi connectivity index (χ0) is 14.7. The summed E-state index contributed by atoms with van der Waals surface area (Å²) in [5, 5.41) is 7.78. The standard InChI is InChI=1S/C15H24N4O/c1-10-8-11(2)18-15(13(10)14(16)17)19(3)9-12-6-4-5-7-20-12/h8,12H,4-7,9H2,1-3H3,(H3,16,17). The van der Waals surface area contributed by atoms with Crippen molar-refractivity contribution in [2.45, 2.75) is 39.2 Å². The number of likely N-dealkylation sites (N-methyl/N-ethyl adjacent to an activating group) is 1. The van der Waals surface area contributed by atoms with Crippen molar-refractivity contribution in [3.05, 3.63) is 22.9 Å². The number of amidine groups is 1. The summed E-state index contributed by atoms with van der Waals surface area (Å²) in [6.07, 6.45) is 3.71. The van der Waals surface area contributed by atoms with Crippen molar-refractivity contribution in [3.8, 4) is 0 Å². The molecule has 110 valence electrons. The van der Waals surface area contributed by atoms with Crippen LogP contribution in [0.15, 0.2) is 6.07 Å². The van der Waals surface area contributed by atoms with Crippen LogP contribution >= 0.6 is 0 Å². The highest BCUT2D eigenvalue weighted by atomic mass is 16.5. The molecule has 5 heteroatoms. The molecule has 1 aliphatic rings. The van der Waals surface area contributed by atoms with Gasteiger partial charge in [0.2, 0.25) is 0 Å². The van der Waals surface area contributed by atoms with Gasteiger partial charge in [0, 0.05) is 25.9 Å². The van der Waals surface area contributed by atoms with E-state index in [1.807, 2.05) is 27.0 Å². The number of aryl methyl sites for hydroxylation is 2. The molecule has 1 aromatic heterocycles. The number of nitrogen functional groups attached to an aromatic ring is 1. The maximum absolute atomic E-state index is 7.78. The Balaban J connectivity index is 2.23. The number of hydrogen-bond donors (Lipinski definition) is 2. The first-order chi connectivity index (χ1) is 9.49. The van der Waals surface area contributed by atoms with Gasteiger partial charge in [-0.3, -0.25) is 5.41 Å². The van der Waals surface area contributed by atoms with Gasteiger partial charge in [-0.2, -0.15) is 0 Å². The van der Waals surface area contributed by atoms with E-state index in [0.717, 1.165) is 48.6 Å². The molecule has 0 aliphatic carbocycles. The van der Waals surface area contributed by atoms with Crippen LogP contribution in [-0.2, 0) is 4.74 Å². The molecule has 0 radical (unpaired) electrons. The number of nitrogens with zero attached hydrogens (tertiary/aromatic N) is 2. The van der Waals surface area contributed by atoms with Gasteiger partial charge in [-0.05, 0) is 44.7 Å². The summed E-state index contributed by atoms with van der Waals surface area (Å²) in [5.74, 6) is 0.852. The lowest BCUT2D eigenvalue weighted by molar-refractivity contribution is 0.0215. The first-order valence-electron chi connectivity index (χ1n) is 7.14. The van der Waals surface area contributed by atoms with Gasteiger partial charge in [0.1, 0.15) is 11.7 Å². The van der Waals surface area contributed by atoms with Crippen LogP contribution in [0.25, 0.3) is 0 Å². The zero-order valence-corrected chi connectivity index (χ0v) is 12.6. The second-order valence-corrected chi connectivity index (χ2v) is 5.56. The van der Waals surface area contributed by atoms with Crippen LogP contribution < -0.4 is 10.6 Å². The quantitative estimate of drug-likeness (QED) is 0.651. The molecule has 20 heavy (non-hydrogen) atoms. The number of pyridine rings is 1. The maximum atomic E-state index is 7.78. The van der Waals surface area contributed by atoms with Gasteiger partial charge in [0.25, 0.3) is 0 Å². The average Bonchev–Trinajstić information content (AvgIpc) is 2.38. The molecule has 1 unspecified atom stereocenters. The molecule has 0 amide bonds. The molecule has 1 atom stereocenters. The number of nitrogens with one attached hydrogen (secondary N) is 1. The monoisotopic (exact) mass is 276 g/mol. The van der Waals surface area contributed by atoms with E-state index in [0.29, 0.717) is 0 Å². The molecule has 1 fully saturated rings. The molecule has 1 aliphatic heterocycles. The summed E-state index contributed by atoms with van der Waals surface area (Å²) in [7, 11) is 1.99. The molecule has 1 saturated heterocycles. The van der Waals surface area contributed by atoms with Crippen molar-refractivity contribution in [2.24, 2.45) is 5.73 Å². The van der Waals surface area contributed by atoms with E-state index < -0.39 is 0 Å². The molecule has 2 rings (SSSR count). The summed E-state index contributed by atoms with van der Waals surface area (Å²) in [6.45, 7) is 5.57. The Hall–Kier alpha value is -1.62. The minimum Gasteiger partial charge on any atom is -0.384 e. The highest BCUT2D eigenvalue weighted by Gasteiger charge is 2.20. The van der Waals surface area contributed by atoms with Crippen molar-refractivity contribution >= 4 is 11.7 Å². The van der Waals surface area contributed by atoms with Crippen LogP contribution in [-0.4, -0.2) is 37.1 Å². The van der Waals surface area contributed by atoms with Gasteiger partial charge in [-0.25, -0.2) is 4.98 Å². The minimum absolute atomic E-state index is 0.0708. The lowest BCUT2D eigenvalue weighted by atomic mass is 10.1. The predicted molar refractivity (Wildman–Crippen MR) is 81.6 cm³/mol. The fraction of sp³-hybridized carbons (Fsp3) is 0.600. The highest BCUT2D eigenvalue weighted by Crippen LogP contribution is 2.23. The van der Waals surface area contributed by atoms with Gasteiger partial charge >= 0.3 is 0 Å². The van der Waals surface area contributed by atoms with E-state index >= 15 is 0 Å². The van der Waals surface area contributed by atoms with E-state index in [1.54, 1.807) is 0 Å². The Kier molecular flexibility index (Phi) is 4.60. The lowest BCUT2D eigenvalue weighted by Gasteiger charge is -2.29. The van der Waals surface area contributed by atoms with E-state index in [-0.39, 0.29) is 11.9 Å². The maximum Gasteiger partial charge on any atom is 0.139 e. The third kappa shape index (κ3) is 3.28. The summed E-state index contributed by atoms with van der Waals surface area (Å²) in [5.41, 5.74) is 8.39. The number of aromatic nitrogens is 1. The summed E-state index contributed by atoms with van der Waals surface area (Å²) in [6, 6.07) is 1.96. The first kappa shape index (κ1) is 14.8. The van der Waals surface area contributed by atoms with Crippen molar-refractivity contribution < 1.29 is 4.74 Å². The van der Waals surface area contributed by atoms with Crippen LogP contribution in [0.3, 0.4) is 0 Å². The van der Waals surface area contributed by atoms with Crippen molar-refractivity contribution in [1.82, 2.24) is 4.98 Å². The van der Waals surface area contributed by atoms with Crippen LogP contribution in [0.5, 0.6) is 0 Å². The third-order valence-electron chi connectivity index (χ3n) is 3.71. The number of anilines is 1. The van der Waals surface area contributed by atoms with Gasteiger partial charge < -0.3 is 15.4 Å². The van der Waals surface area contributed by atoms with Crippen molar-refractivity contribution in [3.63, 3.8) is 0 Å². The molecule has 2 heterocycles. The predicted octanol–water partition coefficient (Wildman–Crippen LogP) is 1.99. The topological polar surface area (TPSA) is 75.2 Å². The number of nitrogens with two attached hydrogens (primary N) is 1. The van der Waals surface area contributed by atoms with Crippen LogP contribution in [0.2, 0.25) is 0 Å². The van der Waals surface area contributed by atoms with Crippen LogP contribution in [0.1, 0.15) is 36.1 Å². The number of ether oxygens (including phenoxy) is 1. The van der Waals surface area contributed by atoms with Gasteiger partial charge in [-0.15, -0.1) is 0 Å². The third-order valence-corrected chi connectivity index (χ3v) is 3.71. The Morgan fingerprint density at radius 3 is 2.85 bits per heavy atom. The summed E-state index contributed by atoms with van der Waals surface area (Å²) >= 11 is 0. The normalized spacial score (nSPS) is 18.9. The van der Waals surface area contributed by atoms with E-state index in [4.69, 9.17) is 15.9 Å². The Labute approximate surface area is 120 Å². The van der Waals surface area contributed by atoms with Gasteiger partial charge in [0.15, 0.2) is 0 Å². The molecular weight excluding hydrogens is 252 g/mol. The Morgan fingerprint density at radius 2 is 2.25 bits per heavy atom. The number of hydrogen-bond acceptors (Lipinski definition) is 4. The lowest BCUT2D eigenvalue weighted by Crippen LogP contribution is -2.35. The highest BCUT2D eigenvalue weighted by molar-refractivity contribution is 6.01. The number of rotatable bonds is 4. The summed E-state index contributed by atoms with van der Waals surface area (Å²) in [4.78, 5) is 6.63. The second-order valence-electron chi connectivity index (χ2n) is 5.56.